The first-order valence-corrected chi connectivity index (χ1v) is 12.6. The molecule has 170 valence electrons. The molecule has 6 heteroatoms. The normalized spacial score (nSPS) is 18.3. The minimum Gasteiger partial charge on any atom is -0.490 e. The van der Waals surface area contributed by atoms with Crippen LogP contribution in [0.1, 0.15) is 55.8 Å². The fourth-order valence-electron chi connectivity index (χ4n) is 4.85. The summed E-state index contributed by atoms with van der Waals surface area (Å²) >= 11 is 1.68. The van der Waals surface area contributed by atoms with Gasteiger partial charge in [-0.1, -0.05) is 18.2 Å². The smallest absolute Gasteiger partial charge is 0.137 e. The van der Waals surface area contributed by atoms with Gasteiger partial charge in [0.2, 0.25) is 0 Å². The molecule has 2 heterocycles. The van der Waals surface area contributed by atoms with Crippen molar-refractivity contribution in [2.45, 2.75) is 57.7 Å². The molecule has 1 aromatic heterocycles. The number of nitriles is 1. The van der Waals surface area contributed by atoms with E-state index in [1.54, 1.807) is 11.3 Å². The van der Waals surface area contributed by atoms with Gasteiger partial charge >= 0.3 is 0 Å². The molecule has 2 aliphatic rings. The van der Waals surface area contributed by atoms with Crippen molar-refractivity contribution in [1.82, 2.24) is 10.3 Å². The number of nitrogens with zero attached hydrogens (tertiary/aromatic N) is 2. The standard InChI is InChI=1S/C27H29N3O2S/c1-17(2)32-25-9-6-18(14-19(25)15-28)27-29-16-26(33-27)23-5-3-4-22-21(23)7-8-24(22)30-20-10-12-31-13-11-20/h3-6,9,14,16-17,20,24,30H,7-8,10-13H2,1-2H3. The number of nitrogens with one attached hydrogen (secondary N) is 1. The second-order valence-electron chi connectivity index (χ2n) is 9.04. The summed E-state index contributed by atoms with van der Waals surface area (Å²) in [6.45, 7) is 5.65. The Morgan fingerprint density at radius 1 is 1.18 bits per heavy atom. The first-order valence-electron chi connectivity index (χ1n) is 11.8. The summed E-state index contributed by atoms with van der Waals surface area (Å²) in [7, 11) is 0. The molecule has 0 spiro atoms. The highest BCUT2D eigenvalue weighted by molar-refractivity contribution is 7.18. The van der Waals surface area contributed by atoms with E-state index in [4.69, 9.17) is 14.5 Å². The van der Waals surface area contributed by atoms with E-state index in [0.717, 1.165) is 49.5 Å². The lowest BCUT2D eigenvalue weighted by Crippen LogP contribution is -2.36. The number of rotatable bonds is 6. The average Bonchev–Trinajstić information content (AvgIpc) is 3.48. The minimum atomic E-state index is 0.0272. The predicted molar refractivity (Wildman–Crippen MR) is 132 cm³/mol. The molecule has 1 aliphatic carbocycles. The van der Waals surface area contributed by atoms with E-state index in [9.17, 15) is 5.26 Å². The van der Waals surface area contributed by atoms with E-state index in [2.05, 4.69) is 29.6 Å². The molecular weight excluding hydrogens is 430 g/mol. The zero-order chi connectivity index (χ0) is 22.8. The van der Waals surface area contributed by atoms with E-state index < -0.39 is 0 Å². The summed E-state index contributed by atoms with van der Waals surface area (Å²) in [5, 5.41) is 14.4. The third-order valence-corrected chi connectivity index (χ3v) is 7.49. The molecule has 0 bridgehead atoms. The second-order valence-corrected chi connectivity index (χ2v) is 10.1. The number of hydrogen-bond acceptors (Lipinski definition) is 6. The number of benzene rings is 2. The van der Waals surface area contributed by atoms with Gasteiger partial charge in [0.15, 0.2) is 0 Å². The highest BCUT2D eigenvalue weighted by Gasteiger charge is 2.28. The van der Waals surface area contributed by atoms with Crippen LogP contribution in [0.3, 0.4) is 0 Å². The summed E-state index contributed by atoms with van der Waals surface area (Å²) in [5.41, 5.74) is 5.64. The minimum absolute atomic E-state index is 0.0272. The van der Waals surface area contributed by atoms with Crippen LogP contribution in [-0.4, -0.2) is 30.3 Å². The molecule has 2 aromatic carbocycles. The van der Waals surface area contributed by atoms with Gasteiger partial charge in [-0.3, -0.25) is 0 Å². The zero-order valence-electron chi connectivity index (χ0n) is 19.1. The summed E-state index contributed by atoms with van der Waals surface area (Å²) in [4.78, 5) is 5.88. The van der Waals surface area contributed by atoms with Crippen LogP contribution < -0.4 is 10.1 Å². The highest BCUT2D eigenvalue weighted by atomic mass is 32.1. The van der Waals surface area contributed by atoms with Crippen LogP contribution in [0, 0.1) is 11.3 Å². The van der Waals surface area contributed by atoms with Crippen molar-refractivity contribution < 1.29 is 9.47 Å². The molecule has 1 unspecified atom stereocenters. The van der Waals surface area contributed by atoms with Gasteiger partial charge in [-0.05, 0) is 74.4 Å². The maximum atomic E-state index is 9.57. The average molecular weight is 460 g/mol. The van der Waals surface area contributed by atoms with Crippen LogP contribution in [0.15, 0.2) is 42.6 Å². The van der Waals surface area contributed by atoms with Gasteiger partial charge in [0.25, 0.3) is 0 Å². The molecule has 0 radical (unpaired) electrons. The van der Waals surface area contributed by atoms with Gasteiger partial charge in [-0.2, -0.15) is 5.26 Å². The van der Waals surface area contributed by atoms with Crippen LogP contribution in [-0.2, 0) is 11.2 Å². The fraction of sp³-hybridized carbons (Fsp3) is 0.407. The molecule has 0 saturated carbocycles. The van der Waals surface area contributed by atoms with Crippen LogP contribution >= 0.6 is 11.3 Å². The number of hydrogen-bond donors (Lipinski definition) is 1. The Morgan fingerprint density at radius 2 is 2.03 bits per heavy atom. The Hall–Kier alpha value is -2.72. The SMILES string of the molecule is CC(C)Oc1ccc(-c2ncc(-c3cccc4c3CCC4NC3CCOCC3)s2)cc1C#N. The van der Waals surface area contributed by atoms with Crippen molar-refractivity contribution in [2.75, 3.05) is 13.2 Å². The van der Waals surface area contributed by atoms with Crippen LogP contribution in [0.5, 0.6) is 5.75 Å². The third kappa shape index (κ3) is 4.67. The Labute approximate surface area is 199 Å². The van der Waals surface area contributed by atoms with Gasteiger partial charge in [-0.15, -0.1) is 11.3 Å². The Morgan fingerprint density at radius 3 is 2.82 bits per heavy atom. The van der Waals surface area contributed by atoms with Gasteiger partial charge in [0.1, 0.15) is 16.8 Å². The summed E-state index contributed by atoms with van der Waals surface area (Å²) < 4.78 is 11.3. The summed E-state index contributed by atoms with van der Waals surface area (Å²) in [6, 6.07) is 15.6. The topological polar surface area (TPSA) is 67.2 Å². The highest BCUT2D eigenvalue weighted by Crippen LogP contribution is 2.41. The maximum Gasteiger partial charge on any atom is 0.137 e. The Balaban J connectivity index is 1.39. The Kier molecular flexibility index (Phi) is 6.45. The zero-order valence-corrected chi connectivity index (χ0v) is 20.0. The van der Waals surface area contributed by atoms with E-state index in [0.29, 0.717) is 23.4 Å². The molecule has 5 nitrogen and oxygen atoms in total. The molecular formula is C27H29N3O2S. The van der Waals surface area contributed by atoms with Crippen LogP contribution in [0.4, 0.5) is 0 Å². The van der Waals surface area contributed by atoms with Gasteiger partial charge in [-0.25, -0.2) is 4.98 Å². The number of ether oxygens (including phenoxy) is 2. The lowest BCUT2D eigenvalue weighted by molar-refractivity contribution is 0.0748. The van der Waals surface area contributed by atoms with Crippen molar-refractivity contribution in [3.05, 3.63) is 59.3 Å². The summed E-state index contributed by atoms with van der Waals surface area (Å²) in [6.07, 6.45) is 6.40. The quantitative estimate of drug-likeness (QED) is 0.498. The lowest BCUT2D eigenvalue weighted by atomic mass is 10.0. The first kappa shape index (κ1) is 22.1. The molecule has 3 aromatic rings. The van der Waals surface area contributed by atoms with Gasteiger partial charge in [0, 0.05) is 37.1 Å². The fourth-order valence-corrected chi connectivity index (χ4v) is 5.81. The molecule has 1 aliphatic heterocycles. The van der Waals surface area contributed by atoms with E-state index in [1.165, 1.54) is 21.6 Å². The van der Waals surface area contributed by atoms with Gasteiger partial charge < -0.3 is 14.8 Å². The number of aromatic nitrogens is 1. The van der Waals surface area contributed by atoms with Crippen molar-refractivity contribution >= 4 is 11.3 Å². The second kappa shape index (κ2) is 9.64. The predicted octanol–water partition coefficient (Wildman–Crippen LogP) is 5.89. The largest absolute Gasteiger partial charge is 0.490 e. The van der Waals surface area contributed by atoms with Crippen molar-refractivity contribution in [2.24, 2.45) is 0 Å². The number of fused-ring (bicyclic) bond motifs is 1. The van der Waals surface area contributed by atoms with Gasteiger partial charge in [0.05, 0.1) is 16.5 Å². The van der Waals surface area contributed by atoms with Crippen LogP contribution in [0.2, 0.25) is 0 Å². The molecule has 0 amide bonds. The van der Waals surface area contributed by atoms with Crippen LogP contribution in [0.25, 0.3) is 21.0 Å². The van der Waals surface area contributed by atoms with Crippen molar-refractivity contribution in [3.8, 4) is 32.8 Å². The maximum absolute atomic E-state index is 9.57. The van der Waals surface area contributed by atoms with Crippen molar-refractivity contribution in [1.29, 1.82) is 5.26 Å². The molecule has 1 fully saturated rings. The van der Waals surface area contributed by atoms with E-state index >= 15 is 0 Å². The lowest BCUT2D eigenvalue weighted by Gasteiger charge is -2.27. The molecule has 1 saturated heterocycles. The van der Waals surface area contributed by atoms with Crippen molar-refractivity contribution in [3.63, 3.8) is 0 Å². The van der Waals surface area contributed by atoms with E-state index in [-0.39, 0.29) is 6.10 Å². The first-order chi connectivity index (χ1) is 16.1. The molecule has 1 N–H and O–H groups in total. The summed E-state index contributed by atoms with van der Waals surface area (Å²) in [5.74, 6) is 0.622. The van der Waals surface area contributed by atoms with E-state index in [1.807, 2.05) is 38.2 Å². The Bertz CT molecular complexity index is 1170. The number of thiazole rings is 1. The molecule has 5 rings (SSSR count). The monoisotopic (exact) mass is 459 g/mol. The third-order valence-electron chi connectivity index (χ3n) is 6.41. The molecule has 33 heavy (non-hydrogen) atoms. The molecule has 1 atom stereocenters.